The first-order valence-corrected chi connectivity index (χ1v) is 6.08. The maximum absolute atomic E-state index is 11.1. The van der Waals surface area contributed by atoms with E-state index in [0.717, 1.165) is 31.5 Å². The number of piperidine rings is 1. The second kappa shape index (κ2) is 4.88. The molecule has 1 aromatic carbocycles. The summed E-state index contributed by atoms with van der Waals surface area (Å²) >= 11 is 0. The maximum Gasteiger partial charge on any atom is 0.304 e. The van der Waals surface area contributed by atoms with Crippen molar-refractivity contribution in [2.45, 2.75) is 24.7 Å². The van der Waals surface area contributed by atoms with E-state index < -0.39 is 5.97 Å². The molecule has 0 aromatic heterocycles. The molecule has 17 heavy (non-hydrogen) atoms. The van der Waals surface area contributed by atoms with Gasteiger partial charge in [0.15, 0.2) is 0 Å². The van der Waals surface area contributed by atoms with Gasteiger partial charge in [0.1, 0.15) is 0 Å². The number of hydrogen-bond donors (Lipinski definition) is 1. The smallest absolute Gasteiger partial charge is 0.304 e. The molecule has 1 aromatic rings. The minimum atomic E-state index is -0.704. The average Bonchev–Trinajstić information content (AvgIpc) is 2.29. The van der Waals surface area contributed by atoms with Crippen LogP contribution >= 0.6 is 0 Å². The minimum Gasteiger partial charge on any atom is -0.481 e. The molecule has 1 fully saturated rings. The van der Waals surface area contributed by atoms with E-state index in [4.69, 9.17) is 5.11 Å². The normalized spacial score (nSPS) is 25.7. The molecule has 1 heterocycles. The van der Waals surface area contributed by atoms with Gasteiger partial charge in [-0.25, -0.2) is 0 Å². The SMILES string of the molecule is CN1CCCC(CC(=O)O)(c2ccccc2)C1. The highest BCUT2D eigenvalue weighted by molar-refractivity contribution is 5.69. The van der Waals surface area contributed by atoms with Gasteiger partial charge in [-0.3, -0.25) is 4.79 Å². The first kappa shape index (κ1) is 12.1. The van der Waals surface area contributed by atoms with Crippen molar-refractivity contribution in [3.8, 4) is 0 Å². The Morgan fingerprint density at radius 2 is 2.12 bits per heavy atom. The minimum absolute atomic E-state index is 0.208. The van der Waals surface area contributed by atoms with E-state index >= 15 is 0 Å². The summed E-state index contributed by atoms with van der Waals surface area (Å²) in [5.74, 6) is -0.704. The maximum atomic E-state index is 11.1. The van der Waals surface area contributed by atoms with Crippen molar-refractivity contribution in [2.24, 2.45) is 0 Å². The quantitative estimate of drug-likeness (QED) is 0.869. The van der Waals surface area contributed by atoms with Crippen molar-refractivity contribution < 1.29 is 9.90 Å². The molecule has 0 amide bonds. The van der Waals surface area contributed by atoms with Crippen LogP contribution in [0.25, 0.3) is 0 Å². The first-order chi connectivity index (χ1) is 8.12. The molecule has 92 valence electrons. The van der Waals surface area contributed by atoms with Crippen LogP contribution in [0.5, 0.6) is 0 Å². The number of carboxylic acids is 1. The van der Waals surface area contributed by atoms with Crippen LogP contribution in [-0.2, 0) is 10.2 Å². The molecule has 1 atom stereocenters. The lowest BCUT2D eigenvalue weighted by atomic mass is 9.72. The van der Waals surface area contributed by atoms with Gasteiger partial charge in [-0.05, 0) is 32.0 Å². The van der Waals surface area contributed by atoms with Crippen LogP contribution in [0, 0.1) is 0 Å². The van der Waals surface area contributed by atoms with Gasteiger partial charge < -0.3 is 10.0 Å². The zero-order chi connectivity index (χ0) is 12.3. The second-order valence-corrected chi connectivity index (χ2v) is 5.06. The number of benzene rings is 1. The third-order valence-corrected chi connectivity index (χ3v) is 3.64. The summed E-state index contributed by atoms with van der Waals surface area (Å²) in [5.41, 5.74) is 0.953. The molecule has 1 unspecified atom stereocenters. The number of hydrogen-bond acceptors (Lipinski definition) is 2. The van der Waals surface area contributed by atoms with Crippen LogP contribution in [0.4, 0.5) is 0 Å². The van der Waals surface area contributed by atoms with Crippen LogP contribution in [0.15, 0.2) is 30.3 Å². The molecule has 1 N–H and O–H groups in total. The Labute approximate surface area is 102 Å². The van der Waals surface area contributed by atoms with Crippen molar-refractivity contribution in [3.63, 3.8) is 0 Å². The molecule has 3 nitrogen and oxygen atoms in total. The summed E-state index contributed by atoms with van der Waals surface area (Å²) in [6.07, 6.45) is 2.26. The summed E-state index contributed by atoms with van der Waals surface area (Å²) in [6.45, 7) is 1.90. The van der Waals surface area contributed by atoms with Gasteiger partial charge in [0, 0.05) is 12.0 Å². The summed E-state index contributed by atoms with van der Waals surface area (Å²) < 4.78 is 0. The lowest BCUT2D eigenvalue weighted by Crippen LogP contribution is -2.45. The van der Waals surface area contributed by atoms with Crippen molar-refractivity contribution in [2.75, 3.05) is 20.1 Å². The van der Waals surface area contributed by atoms with E-state index in [1.165, 1.54) is 0 Å². The average molecular weight is 233 g/mol. The Kier molecular flexibility index (Phi) is 3.48. The van der Waals surface area contributed by atoms with Crippen LogP contribution in [0.2, 0.25) is 0 Å². The number of carbonyl (C=O) groups is 1. The number of likely N-dealkylation sites (tertiary alicyclic amines) is 1. The van der Waals surface area contributed by atoms with E-state index in [0.29, 0.717) is 0 Å². The number of rotatable bonds is 3. The Bertz CT molecular complexity index is 390. The van der Waals surface area contributed by atoms with Crippen LogP contribution in [0.3, 0.4) is 0 Å². The molecule has 0 saturated carbocycles. The largest absolute Gasteiger partial charge is 0.481 e. The predicted molar refractivity (Wildman–Crippen MR) is 67.1 cm³/mol. The van der Waals surface area contributed by atoms with Crippen molar-refractivity contribution >= 4 is 5.97 Å². The van der Waals surface area contributed by atoms with E-state index in [1.807, 2.05) is 18.2 Å². The standard InChI is InChI=1S/C14H19NO2/c1-15-9-5-8-14(11-15,10-13(16)17)12-6-3-2-4-7-12/h2-4,6-7H,5,8-11H2,1H3,(H,16,17). The van der Waals surface area contributed by atoms with Gasteiger partial charge >= 0.3 is 5.97 Å². The molecule has 0 aliphatic carbocycles. The van der Waals surface area contributed by atoms with E-state index in [1.54, 1.807) is 0 Å². The second-order valence-electron chi connectivity index (χ2n) is 5.06. The van der Waals surface area contributed by atoms with Crippen LogP contribution in [-0.4, -0.2) is 36.1 Å². The van der Waals surface area contributed by atoms with E-state index in [-0.39, 0.29) is 11.8 Å². The van der Waals surface area contributed by atoms with Crippen molar-refractivity contribution in [3.05, 3.63) is 35.9 Å². The van der Waals surface area contributed by atoms with Crippen molar-refractivity contribution in [1.29, 1.82) is 0 Å². The van der Waals surface area contributed by atoms with Gasteiger partial charge in [-0.2, -0.15) is 0 Å². The fourth-order valence-electron chi connectivity index (χ4n) is 2.93. The summed E-state index contributed by atoms with van der Waals surface area (Å²) in [5, 5.41) is 9.16. The third kappa shape index (κ3) is 2.67. The third-order valence-electron chi connectivity index (χ3n) is 3.64. The molecule has 1 saturated heterocycles. The number of nitrogens with zero attached hydrogens (tertiary/aromatic N) is 1. The highest BCUT2D eigenvalue weighted by Gasteiger charge is 2.37. The Morgan fingerprint density at radius 3 is 2.71 bits per heavy atom. The van der Waals surface area contributed by atoms with Gasteiger partial charge in [-0.1, -0.05) is 30.3 Å². The fraction of sp³-hybridized carbons (Fsp3) is 0.500. The molecule has 0 radical (unpaired) electrons. The predicted octanol–water partition coefficient (Wildman–Crippen LogP) is 2.12. The van der Waals surface area contributed by atoms with E-state index in [9.17, 15) is 4.79 Å². The Hall–Kier alpha value is -1.35. The lowest BCUT2D eigenvalue weighted by molar-refractivity contribution is -0.139. The number of likely N-dealkylation sites (N-methyl/N-ethyl adjacent to an activating group) is 1. The Balaban J connectivity index is 2.32. The molecule has 1 aliphatic heterocycles. The summed E-state index contributed by atoms with van der Waals surface area (Å²) in [4.78, 5) is 13.4. The molecular weight excluding hydrogens is 214 g/mol. The zero-order valence-electron chi connectivity index (χ0n) is 10.2. The zero-order valence-corrected chi connectivity index (χ0v) is 10.2. The topological polar surface area (TPSA) is 40.5 Å². The molecule has 0 spiro atoms. The first-order valence-electron chi connectivity index (χ1n) is 6.08. The molecular formula is C14H19NO2. The van der Waals surface area contributed by atoms with Gasteiger partial charge in [0.05, 0.1) is 6.42 Å². The molecule has 1 aliphatic rings. The Morgan fingerprint density at radius 1 is 1.41 bits per heavy atom. The van der Waals surface area contributed by atoms with Gasteiger partial charge in [0.25, 0.3) is 0 Å². The lowest BCUT2D eigenvalue weighted by Gasteiger charge is -2.41. The van der Waals surface area contributed by atoms with Gasteiger partial charge in [0.2, 0.25) is 0 Å². The molecule has 2 rings (SSSR count). The highest BCUT2D eigenvalue weighted by Crippen LogP contribution is 2.36. The summed E-state index contributed by atoms with van der Waals surface area (Å²) in [7, 11) is 2.07. The van der Waals surface area contributed by atoms with Crippen LogP contribution < -0.4 is 0 Å². The molecule has 3 heteroatoms. The highest BCUT2D eigenvalue weighted by atomic mass is 16.4. The van der Waals surface area contributed by atoms with E-state index in [2.05, 4.69) is 24.1 Å². The summed E-state index contributed by atoms with van der Waals surface area (Å²) in [6, 6.07) is 10.1. The fourth-order valence-corrected chi connectivity index (χ4v) is 2.93. The number of aliphatic carboxylic acids is 1. The van der Waals surface area contributed by atoms with Crippen molar-refractivity contribution in [1.82, 2.24) is 4.90 Å². The molecule has 0 bridgehead atoms. The van der Waals surface area contributed by atoms with Gasteiger partial charge in [-0.15, -0.1) is 0 Å². The monoisotopic (exact) mass is 233 g/mol. The van der Waals surface area contributed by atoms with Crippen LogP contribution in [0.1, 0.15) is 24.8 Å². The number of carboxylic acid groups (broad SMARTS) is 1.